The number of fused-ring (bicyclic) bond motifs is 1. The molecule has 0 bridgehead atoms. The highest BCUT2D eigenvalue weighted by Crippen LogP contribution is 2.33. The number of H-pyrrole nitrogens is 1. The van der Waals surface area contributed by atoms with Crippen LogP contribution in [0.3, 0.4) is 0 Å². The van der Waals surface area contributed by atoms with E-state index in [1.54, 1.807) is 12.1 Å². The molecule has 4 rings (SSSR count). The van der Waals surface area contributed by atoms with Gasteiger partial charge in [0.1, 0.15) is 17.6 Å². The van der Waals surface area contributed by atoms with Gasteiger partial charge in [-0.15, -0.1) is 0 Å². The van der Waals surface area contributed by atoms with Gasteiger partial charge in [0, 0.05) is 19.2 Å². The number of anilines is 1. The molecule has 7 heteroatoms. The van der Waals surface area contributed by atoms with Crippen molar-refractivity contribution in [2.45, 2.75) is 19.8 Å². The third kappa shape index (κ3) is 3.83. The minimum atomic E-state index is -0.349. The highest BCUT2D eigenvalue weighted by molar-refractivity contribution is 5.90. The van der Waals surface area contributed by atoms with Crippen LogP contribution >= 0.6 is 0 Å². The smallest absolute Gasteiger partial charge is 0.293 e. The molecule has 0 atom stereocenters. The number of nitrogens with zero attached hydrogens (tertiary/aromatic N) is 4. The van der Waals surface area contributed by atoms with Gasteiger partial charge in [0.25, 0.3) is 5.69 Å². The molecule has 0 aliphatic carbocycles. The fourth-order valence-electron chi connectivity index (χ4n) is 3.69. The van der Waals surface area contributed by atoms with Crippen LogP contribution in [0.2, 0.25) is 0 Å². The predicted octanol–water partition coefficient (Wildman–Crippen LogP) is 4.77. The van der Waals surface area contributed by atoms with Crippen molar-refractivity contribution in [3.8, 4) is 6.07 Å². The monoisotopic (exact) mass is 387 g/mol. The van der Waals surface area contributed by atoms with E-state index in [9.17, 15) is 15.4 Å². The number of rotatable bonds is 4. The van der Waals surface area contributed by atoms with Crippen LogP contribution in [0.1, 0.15) is 31.2 Å². The normalized spacial score (nSPS) is 15.4. The van der Waals surface area contributed by atoms with E-state index in [0.717, 1.165) is 37.0 Å². The summed E-state index contributed by atoms with van der Waals surface area (Å²) in [6.45, 7) is 3.85. The van der Waals surface area contributed by atoms with Crippen molar-refractivity contribution in [1.29, 1.82) is 5.26 Å². The fourth-order valence-corrected chi connectivity index (χ4v) is 3.69. The average molecular weight is 387 g/mol. The second-order valence-electron chi connectivity index (χ2n) is 7.45. The first kappa shape index (κ1) is 18.7. The van der Waals surface area contributed by atoms with E-state index >= 15 is 0 Å². The number of nitriles is 1. The van der Waals surface area contributed by atoms with E-state index in [1.165, 1.54) is 6.07 Å². The van der Waals surface area contributed by atoms with Gasteiger partial charge in [0.05, 0.1) is 21.5 Å². The summed E-state index contributed by atoms with van der Waals surface area (Å²) in [5.74, 6) is 1.10. The zero-order chi connectivity index (χ0) is 20.4. The quantitative estimate of drug-likeness (QED) is 0.395. The average Bonchev–Trinajstić information content (AvgIpc) is 3.16. The molecule has 0 unspecified atom stereocenters. The van der Waals surface area contributed by atoms with Crippen molar-refractivity contribution in [3.05, 3.63) is 64.0 Å². The molecule has 3 aromatic rings. The third-order valence-corrected chi connectivity index (χ3v) is 5.40. The number of piperidine rings is 1. The van der Waals surface area contributed by atoms with Crippen molar-refractivity contribution in [3.63, 3.8) is 0 Å². The van der Waals surface area contributed by atoms with Crippen molar-refractivity contribution in [1.82, 2.24) is 9.97 Å². The zero-order valence-electron chi connectivity index (χ0n) is 16.1. The first-order chi connectivity index (χ1) is 14.0. The fraction of sp³-hybridized carbons (Fsp3) is 0.273. The Labute approximate surface area is 168 Å². The molecule has 1 N–H and O–H groups in total. The van der Waals surface area contributed by atoms with E-state index in [1.807, 2.05) is 30.3 Å². The lowest BCUT2D eigenvalue weighted by Crippen LogP contribution is -2.33. The second kappa shape index (κ2) is 7.76. The van der Waals surface area contributed by atoms with Crippen LogP contribution < -0.4 is 4.90 Å². The van der Waals surface area contributed by atoms with Crippen LogP contribution in [0, 0.1) is 27.4 Å². The van der Waals surface area contributed by atoms with Gasteiger partial charge in [-0.3, -0.25) is 10.1 Å². The summed E-state index contributed by atoms with van der Waals surface area (Å²) in [5.41, 5.74) is 3.24. The Morgan fingerprint density at radius 1 is 1.31 bits per heavy atom. The maximum Gasteiger partial charge on any atom is 0.293 e. The SMILES string of the molecule is CC1CCN(c2ccc(C=C(C#N)c3nc4ccccc4[nH]3)cc2[N+](=O)[O-])CC1. The summed E-state index contributed by atoms with van der Waals surface area (Å²) >= 11 is 0. The Morgan fingerprint density at radius 3 is 2.76 bits per heavy atom. The van der Waals surface area contributed by atoms with Crippen molar-refractivity contribution >= 4 is 34.1 Å². The van der Waals surface area contributed by atoms with E-state index in [4.69, 9.17) is 0 Å². The molecule has 7 nitrogen and oxygen atoms in total. The van der Waals surface area contributed by atoms with E-state index in [0.29, 0.717) is 28.6 Å². The van der Waals surface area contributed by atoms with Crippen molar-refractivity contribution in [2.75, 3.05) is 18.0 Å². The van der Waals surface area contributed by atoms with Crippen LogP contribution in [0.15, 0.2) is 42.5 Å². The molecule has 0 saturated carbocycles. The molecule has 0 radical (unpaired) electrons. The highest BCUT2D eigenvalue weighted by atomic mass is 16.6. The molecule has 2 heterocycles. The van der Waals surface area contributed by atoms with Crippen LogP contribution in [-0.2, 0) is 0 Å². The third-order valence-electron chi connectivity index (χ3n) is 5.40. The summed E-state index contributed by atoms with van der Waals surface area (Å²) in [4.78, 5) is 21.0. The van der Waals surface area contributed by atoms with Crippen LogP contribution in [-0.4, -0.2) is 28.0 Å². The van der Waals surface area contributed by atoms with Gasteiger partial charge in [-0.05, 0) is 48.6 Å². The van der Waals surface area contributed by atoms with Crippen LogP contribution in [0.25, 0.3) is 22.7 Å². The summed E-state index contributed by atoms with van der Waals surface area (Å²) in [7, 11) is 0. The molecule has 2 aromatic carbocycles. The number of nitro benzene ring substituents is 1. The summed E-state index contributed by atoms with van der Waals surface area (Å²) in [5, 5.41) is 21.3. The van der Waals surface area contributed by atoms with Gasteiger partial charge in [0.15, 0.2) is 0 Å². The lowest BCUT2D eigenvalue weighted by atomic mass is 9.98. The van der Waals surface area contributed by atoms with E-state index in [2.05, 4.69) is 27.9 Å². The number of hydrogen-bond acceptors (Lipinski definition) is 5. The van der Waals surface area contributed by atoms with Gasteiger partial charge in [-0.25, -0.2) is 4.98 Å². The number of nitrogens with one attached hydrogen (secondary N) is 1. The van der Waals surface area contributed by atoms with E-state index in [-0.39, 0.29) is 10.6 Å². The zero-order valence-corrected chi connectivity index (χ0v) is 16.1. The number of imidazole rings is 1. The molecule has 0 spiro atoms. The van der Waals surface area contributed by atoms with Crippen LogP contribution in [0.4, 0.5) is 11.4 Å². The number of para-hydroxylation sites is 2. The molecular formula is C22H21N5O2. The second-order valence-corrected chi connectivity index (χ2v) is 7.45. The van der Waals surface area contributed by atoms with Crippen molar-refractivity contribution < 1.29 is 4.92 Å². The van der Waals surface area contributed by atoms with Crippen molar-refractivity contribution in [2.24, 2.45) is 5.92 Å². The number of allylic oxidation sites excluding steroid dienone is 1. The molecule has 1 aromatic heterocycles. The summed E-state index contributed by atoms with van der Waals surface area (Å²) in [6, 6.07) is 14.8. The minimum absolute atomic E-state index is 0.0650. The molecular weight excluding hydrogens is 366 g/mol. The topological polar surface area (TPSA) is 98.8 Å². The molecule has 146 valence electrons. The minimum Gasteiger partial charge on any atom is -0.366 e. The first-order valence-electron chi connectivity index (χ1n) is 9.65. The lowest BCUT2D eigenvalue weighted by molar-refractivity contribution is -0.384. The summed E-state index contributed by atoms with van der Waals surface area (Å²) < 4.78 is 0. The Bertz CT molecular complexity index is 1100. The highest BCUT2D eigenvalue weighted by Gasteiger charge is 2.23. The van der Waals surface area contributed by atoms with Gasteiger partial charge < -0.3 is 9.88 Å². The predicted molar refractivity (Wildman–Crippen MR) is 113 cm³/mol. The number of nitro groups is 1. The van der Waals surface area contributed by atoms with Gasteiger partial charge in [-0.2, -0.15) is 5.26 Å². The van der Waals surface area contributed by atoms with Crippen LogP contribution in [0.5, 0.6) is 0 Å². The molecule has 0 amide bonds. The Hall–Kier alpha value is -3.66. The van der Waals surface area contributed by atoms with Gasteiger partial charge >= 0.3 is 0 Å². The number of hydrogen-bond donors (Lipinski definition) is 1. The maximum atomic E-state index is 11.7. The molecule has 1 saturated heterocycles. The largest absolute Gasteiger partial charge is 0.366 e. The Kier molecular flexibility index (Phi) is 5.00. The number of benzene rings is 2. The molecule has 1 fully saturated rings. The number of aromatic amines is 1. The van der Waals surface area contributed by atoms with Gasteiger partial charge in [-0.1, -0.05) is 25.1 Å². The number of aromatic nitrogens is 2. The molecule has 1 aliphatic rings. The Balaban J connectivity index is 1.69. The maximum absolute atomic E-state index is 11.7. The van der Waals surface area contributed by atoms with E-state index < -0.39 is 0 Å². The molecule has 1 aliphatic heterocycles. The van der Waals surface area contributed by atoms with Gasteiger partial charge in [0.2, 0.25) is 0 Å². The lowest BCUT2D eigenvalue weighted by Gasteiger charge is -2.31. The standard InChI is InChI=1S/C22H21N5O2/c1-15-8-10-26(11-9-15)20-7-6-16(13-21(20)27(28)29)12-17(14-23)22-24-18-4-2-3-5-19(18)25-22/h2-7,12-13,15H,8-11H2,1H3,(H,24,25). The Morgan fingerprint density at radius 2 is 2.07 bits per heavy atom. The summed E-state index contributed by atoms with van der Waals surface area (Å²) in [6.07, 6.45) is 3.69. The molecule has 29 heavy (non-hydrogen) atoms. The first-order valence-corrected chi connectivity index (χ1v) is 9.65.